The van der Waals surface area contributed by atoms with E-state index in [2.05, 4.69) is 27.3 Å². The van der Waals surface area contributed by atoms with Gasteiger partial charge in [0, 0.05) is 22.9 Å². The Kier molecular flexibility index (Phi) is 5.43. The van der Waals surface area contributed by atoms with Crippen LogP contribution in [0.25, 0.3) is 0 Å². The third-order valence-electron chi connectivity index (χ3n) is 2.63. The first-order valence-electron chi connectivity index (χ1n) is 5.86. The molecule has 2 aromatic rings. The molecule has 1 N–H and O–H groups in total. The van der Waals surface area contributed by atoms with Crippen molar-refractivity contribution in [3.8, 4) is 0 Å². The van der Waals surface area contributed by atoms with Gasteiger partial charge >= 0.3 is 0 Å². The predicted octanol–water partition coefficient (Wildman–Crippen LogP) is 4.22. The topological polar surface area (TPSA) is 29.1 Å². The molecule has 0 aliphatic heterocycles. The molecular formula is C14H13BrClNOS. The van der Waals surface area contributed by atoms with Crippen molar-refractivity contribution < 1.29 is 4.79 Å². The third kappa shape index (κ3) is 4.34. The average molecular weight is 359 g/mol. The summed E-state index contributed by atoms with van der Waals surface area (Å²) >= 11 is 10.9. The van der Waals surface area contributed by atoms with Gasteiger partial charge < -0.3 is 5.32 Å². The number of benzene rings is 1. The molecule has 2 nitrogen and oxygen atoms in total. The zero-order valence-electron chi connectivity index (χ0n) is 10.2. The molecule has 0 saturated heterocycles. The summed E-state index contributed by atoms with van der Waals surface area (Å²) in [7, 11) is 0. The van der Waals surface area contributed by atoms with Crippen LogP contribution in [-0.4, -0.2) is 12.5 Å². The Balaban J connectivity index is 1.87. The summed E-state index contributed by atoms with van der Waals surface area (Å²) in [5.41, 5.74) is 1.61. The maximum absolute atomic E-state index is 11.9. The number of thiophene rings is 1. The highest BCUT2D eigenvalue weighted by Crippen LogP contribution is 2.22. The molecule has 2 rings (SSSR count). The van der Waals surface area contributed by atoms with Crippen LogP contribution in [-0.2, 0) is 12.3 Å². The van der Waals surface area contributed by atoms with Crippen molar-refractivity contribution in [2.75, 3.05) is 6.54 Å². The molecule has 0 unspecified atom stereocenters. The van der Waals surface area contributed by atoms with Crippen LogP contribution in [0.1, 0.15) is 20.8 Å². The largest absolute Gasteiger partial charge is 0.352 e. The van der Waals surface area contributed by atoms with E-state index >= 15 is 0 Å². The fraction of sp³-hybridized carbons (Fsp3) is 0.214. The summed E-state index contributed by atoms with van der Waals surface area (Å²) in [5.74, 6) is 0.368. The van der Waals surface area contributed by atoms with Crippen molar-refractivity contribution >= 4 is 44.8 Å². The van der Waals surface area contributed by atoms with Gasteiger partial charge in [0.05, 0.1) is 3.79 Å². The van der Waals surface area contributed by atoms with Crippen molar-refractivity contribution in [1.29, 1.82) is 0 Å². The lowest BCUT2D eigenvalue weighted by Gasteiger charge is -2.05. The molecule has 0 fully saturated rings. The lowest BCUT2D eigenvalue weighted by molar-refractivity contribution is 0.0954. The molecule has 19 heavy (non-hydrogen) atoms. The van der Waals surface area contributed by atoms with Gasteiger partial charge in [-0.05, 0) is 52.2 Å². The number of hydrogen-bond donors (Lipinski definition) is 1. The Morgan fingerprint density at radius 3 is 2.84 bits per heavy atom. The van der Waals surface area contributed by atoms with Gasteiger partial charge in [0.1, 0.15) is 0 Å². The summed E-state index contributed by atoms with van der Waals surface area (Å²) < 4.78 is 1.11. The molecule has 0 saturated carbocycles. The van der Waals surface area contributed by atoms with E-state index in [9.17, 15) is 4.79 Å². The second-order valence-corrected chi connectivity index (χ2v) is 6.86. The van der Waals surface area contributed by atoms with Gasteiger partial charge in [-0.25, -0.2) is 0 Å². The van der Waals surface area contributed by atoms with Crippen LogP contribution in [0, 0.1) is 0 Å². The van der Waals surface area contributed by atoms with Crippen molar-refractivity contribution in [3.63, 3.8) is 0 Å². The molecule has 1 aromatic heterocycles. The summed E-state index contributed by atoms with van der Waals surface area (Å²) in [5, 5.41) is 2.92. The van der Waals surface area contributed by atoms with E-state index in [0.717, 1.165) is 15.8 Å². The lowest BCUT2D eigenvalue weighted by Crippen LogP contribution is -2.25. The maximum Gasteiger partial charge on any atom is 0.251 e. The van der Waals surface area contributed by atoms with Gasteiger partial charge in [-0.15, -0.1) is 22.9 Å². The Morgan fingerprint density at radius 1 is 1.32 bits per heavy atom. The summed E-state index contributed by atoms with van der Waals surface area (Å²) in [6.07, 6.45) is 0.844. The molecule has 1 aromatic carbocycles. The highest BCUT2D eigenvalue weighted by Gasteiger charge is 2.06. The maximum atomic E-state index is 11.9. The molecule has 0 aliphatic rings. The number of carbonyl (C=O) groups excluding carboxylic acids is 1. The number of nitrogens with one attached hydrogen (secondary N) is 1. The first-order chi connectivity index (χ1) is 9.19. The zero-order valence-corrected chi connectivity index (χ0v) is 13.3. The van der Waals surface area contributed by atoms with E-state index < -0.39 is 0 Å². The van der Waals surface area contributed by atoms with Crippen molar-refractivity contribution in [1.82, 2.24) is 5.32 Å². The van der Waals surface area contributed by atoms with Crippen LogP contribution in [0.5, 0.6) is 0 Å². The molecule has 5 heteroatoms. The van der Waals surface area contributed by atoms with E-state index in [1.165, 1.54) is 4.88 Å². The summed E-state index contributed by atoms with van der Waals surface area (Å²) in [6, 6.07) is 11.5. The lowest BCUT2D eigenvalue weighted by atomic mass is 10.1. The van der Waals surface area contributed by atoms with Crippen molar-refractivity contribution in [2.24, 2.45) is 0 Å². The SMILES string of the molecule is O=C(NCCc1ccc(Br)s1)c1cccc(CCl)c1. The minimum atomic E-state index is -0.0532. The summed E-state index contributed by atoms with van der Waals surface area (Å²) in [6.45, 7) is 0.636. The molecule has 0 bridgehead atoms. The predicted molar refractivity (Wildman–Crippen MR) is 84.1 cm³/mol. The quantitative estimate of drug-likeness (QED) is 0.797. The average Bonchev–Trinajstić information content (AvgIpc) is 2.84. The van der Waals surface area contributed by atoms with E-state index in [-0.39, 0.29) is 5.91 Å². The normalized spacial score (nSPS) is 10.4. The highest BCUT2D eigenvalue weighted by molar-refractivity contribution is 9.11. The molecule has 0 radical (unpaired) electrons. The van der Waals surface area contributed by atoms with E-state index in [1.807, 2.05) is 24.3 Å². The van der Waals surface area contributed by atoms with Crippen LogP contribution in [0.3, 0.4) is 0 Å². The Labute approximate surface area is 129 Å². The van der Waals surface area contributed by atoms with Gasteiger partial charge in [-0.2, -0.15) is 0 Å². The first-order valence-corrected chi connectivity index (χ1v) is 8.01. The number of hydrogen-bond acceptors (Lipinski definition) is 2. The second kappa shape index (κ2) is 7.08. The first kappa shape index (κ1) is 14.6. The summed E-state index contributed by atoms with van der Waals surface area (Å²) in [4.78, 5) is 13.2. The standard InChI is InChI=1S/C14H13BrClNOS/c15-13-5-4-12(19-13)6-7-17-14(18)11-3-1-2-10(8-11)9-16/h1-5,8H,6-7,9H2,(H,17,18). The molecule has 1 amide bonds. The molecule has 1 heterocycles. The third-order valence-corrected chi connectivity index (χ3v) is 4.62. The minimum absolute atomic E-state index is 0.0532. The Hall–Kier alpha value is -0.840. The van der Waals surface area contributed by atoms with Crippen LogP contribution in [0.2, 0.25) is 0 Å². The number of rotatable bonds is 5. The zero-order chi connectivity index (χ0) is 13.7. The van der Waals surface area contributed by atoms with Crippen LogP contribution >= 0.6 is 38.9 Å². The van der Waals surface area contributed by atoms with E-state index in [0.29, 0.717) is 18.0 Å². The van der Waals surface area contributed by atoms with Gasteiger partial charge in [0.15, 0.2) is 0 Å². The monoisotopic (exact) mass is 357 g/mol. The van der Waals surface area contributed by atoms with Crippen LogP contribution < -0.4 is 5.32 Å². The second-order valence-electron chi connectivity index (χ2n) is 4.05. The number of amides is 1. The van der Waals surface area contributed by atoms with E-state index in [1.54, 1.807) is 17.4 Å². The molecule has 0 aliphatic carbocycles. The van der Waals surface area contributed by atoms with Crippen LogP contribution in [0.15, 0.2) is 40.2 Å². The highest BCUT2D eigenvalue weighted by atomic mass is 79.9. The van der Waals surface area contributed by atoms with Gasteiger partial charge in [-0.3, -0.25) is 4.79 Å². The Morgan fingerprint density at radius 2 is 2.16 bits per heavy atom. The molecule has 0 spiro atoms. The number of halogens is 2. The number of carbonyl (C=O) groups is 1. The van der Waals surface area contributed by atoms with Gasteiger partial charge in [0.25, 0.3) is 5.91 Å². The fourth-order valence-corrected chi connectivity index (χ4v) is 3.33. The molecular weight excluding hydrogens is 346 g/mol. The molecule has 100 valence electrons. The van der Waals surface area contributed by atoms with Crippen molar-refractivity contribution in [2.45, 2.75) is 12.3 Å². The fourth-order valence-electron chi connectivity index (χ4n) is 1.68. The molecule has 0 atom stereocenters. The van der Waals surface area contributed by atoms with Gasteiger partial charge in [0.2, 0.25) is 0 Å². The Bertz CT molecular complexity index is 570. The minimum Gasteiger partial charge on any atom is -0.352 e. The van der Waals surface area contributed by atoms with E-state index in [4.69, 9.17) is 11.6 Å². The number of alkyl halides is 1. The van der Waals surface area contributed by atoms with Crippen LogP contribution in [0.4, 0.5) is 0 Å². The van der Waals surface area contributed by atoms with Crippen molar-refractivity contribution in [3.05, 3.63) is 56.2 Å². The smallest absolute Gasteiger partial charge is 0.251 e. The van der Waals surface area contributed by atoms with Gasteiger partial charge in [-0.1, -0.05) is 12.1 Å².